The van der Waals surface area contributed by atoms with Gasteiger partial charge in [0.1, 0.15) is 12.4 Å². The molecule has 2 rings (SSSR count). The van der Waals surface area contributed by atoms with E-state index in [1.54, 1.807) is 30.3 Å². The number of aryl methyl sites for hydroxylation is 1. The number of hydrogen-bond donors (Lipinski definition) is 2. The number of carbonyl (C=O) groups is 1. The minimum Gasteiger partial charge on any atom is -0.398 e. The highest BCUT2D eigenvalue weighted by Gasteiger charge is 2.06. The summed E-state index contributed by atoms with van der Waals surface area (Å²) < 4.78 is 18.6. The van der Waals surface area contributed by atoms with Gasteiger partial charge in [-0.15, -0.1) is 0 Å². The van der Waals surface area contributed by atoms with E-state index in [0.717, 1.165) is 5.56 Å². The average Bonchev–Trinajstić information content (AvgIpc) is 2.45. The van der Waals surface area contributed by atoms with Crippen molar-refractivity contribution >= 4 is 17.3 Å². The van der Waals surface area contributed by atoms with Gasteiger partial charge in [0.15, 0.2) is 0 Å². The van der Waals surface area contributed by atoms with Crippen molar-refractivity contribution in [2.75, 3.05) is 17.7 Å². The highest BCUT2D eigenvalue weighted by Crippen LogP contribution is 2.16. The maximum Gasteiger partial charge on any atom is 0.250 e. The van der Waals surface area contributed by atoms with E-state index < -0.39 is 0 Å². The minimum atomic E-state index is -0.343. The SMILES string of the molecule is Cc1ccc(NC(=O)COCc2ccccc2F)cc1N. The minimum absolute atomic E-state index is 0.0517. The third kappa shape index (κ3) is 4.29. The molecule has 1 amide bonds. The second-order valence-electron chi connectivity index (χ2n) is 4.70. The van der Waals surface area contributed by atoms with Crippen LogP contribution in [0.15, 0.2) is 42.5 Å². The molecule has 0 aromatic heterocycles. The summed E-state index contributed by atoms with van der Waals surface area (Å²) in [5.74, 6) is -0.654. The van der Waals surface area contributed by atoms with Crippen LogP contribution in [0.25, 0.3) is 0 Å². The van der Waals surface area contributed by atoms with E-state index in [1.165, 1.54) is 6.07 Å². The summed E-state index contributed by atoms with van der Waals surface area (Å²) in [6, 6.07) is 11.6. The lowest BCUT2D eigenvalue weighted by Crippen LogP contribution is -2.18. The van der Waals surface area contributed by atoms with Gasteiger partial charge in [-0.1, -0.05) is 24.3 Å². The monoisotopic (exact) mass is 288 g/mol. The second kappa shape index (κ2) is 6.85. The van der Waals surface area contributed by atoms with Crippen LogP contribution < -0.4 is 11.1 Å². The number of nitrogens with one attached hydrogen (secondary N) is 1. The summed E-state index contributed by atoms with van der Waals surface area (Å²) in [7, 11) is 0. The fraction of sp³-hybridized carbons (Fsp3) is 0.188. The lowest BCUT2D eigenvalue weighted by molar-refractivity contribution is -0.121. The lowest BCUT2D eigenvalue weighted by Gasteiger charge is -2.08. The van der Waals surface area contributed by atoms with Crippen LogP contribution in [-0.4, -0.2) is 12.5 Å². The number of halogens is 1. The van der Waals surface area contributed by atoms with Crippen LogP contribution in [0.2, 0.25) is 0 Å². The Morgan fingerprint density at radius 1 is 1.29 bits per heavy atom. The van der Waals surface area contributed by atoms with Crippen molar-refractivity contribution in [2.24, 2.45) is 0 Å². The zero-order chi connectivity index (χ0) is 15.2. The Kier molecular flexibility index (Phi) is 4.90. The van der Waals surface area contributed by atoms with Gasteiger partial charge in [0, 0.05) is 16.9 Å². The Morgan fingerprint density at radius 2 is 2.05 bits per heavy atom. The van der Waals surface area contributed by atoms with Crippen molar-refractivity contribution in [2.45, 2.75) is 13.5 Å². The Labute approximate surface area is 122 Å². The number of rotatable bonds is 5. The molecule has 5 heteroatoms. The normalized spacial score (nSPS) is 10.4. The summed E-state index contributed by atoms with van der Waals surface area (Å²) >= 11 is 0. The molecule has 0 heterocycles. The van der Waals surface area contributed by atoms with Crippen molar-refractivity contribution in [1.29, 1.82) is 0 Å². The molecule has 0 aliphatic heterocycles. The number of carbonyl (C=O) groups excluding carboxylic acids is 1. The topological polar surface area (TPSA) is 64.3 Å². The highest BCUT2D eigenvalue weighted by atomic mass is 19.1. The first-order valence-corrected chi connectivity index (χ1v) is 6.53. The van der Waals surface area contributed by atoms with Crippen molar-refractivity contribution < 1.29 is 13.9 Å². The fourth-order valence-electron chi connectivity index (χ4n) is 1.78. The number of hydrogen-bond acceptors (Lipinski definition) is 3. The molecule has 0 fully saturated rings. The number of amides is 1. The Hall–Kier alpha value is -2.40. The van der Waals surface area contributed by atoms with E-state index in [-0.39, 0.29) is 24.9 Å². The lowest BCUT2D eigenvalue weighted by atomic mass is 10.2. The molecule has 0 unspecified atom stereocenters. The van der Waals surface area contributed by atoms with Gasteiger partial charge in [0.05, 0.1) is 6.61 Å². The van der Waals surface area contributed by atoms with Crippen LogP contribution in [-0.2, 0) is 16.1 Å². The van der Waals surface area contributed by atoms with E-state index in [2.05, 4.69) is 5.32 Å². The van der Waals surface area contributed by atoms with E-state index in [9.17, 15) is 9.18 Å². The van der Waals surface area contributed by atoms with Crippen LogP contribution in [0.3, 0.4) is 0 Å². The van der Waals surface area contributed by atoms with Crippen LogP contribution in [0, 0.1) is 12.7 Å². The van der Waals surface area contributed by atoms with Gasteiger partial charge in [-0.25, -0.2) is 4.39 Å². The van der Waals surface area contributed by atoms with Crippen LogP contribution in [0.4, 0.5) is 15.8 Å². The predicted molar refractivity (Wildman–Crippen MR) is 80.3 cm³/mol. The first-order chi connectivity index (χ1) is 10.1. The Morgan fingerprint density at radius 3 is 2.76 bits per heavy atom. The molecule has 3 N–H and O–H groups in total. The molecule has 0 spiro atoms. The third-order valence-electron chi connectivity index (χ3n) is 3.01. The Bertz CT molecular complexity index is 644. The molecule has 0 saturated heterocycles. The largest absolute Gasteiger partial charge is 0.398 e. The third-order valence-corrected chi connectivity index (χ3v) is 3.01. The van der Waals surface area contributed by atoms with Gasteiger partial charge < -0.3 is 15.8 Å². The molecular formula is C16H17FN2O2. The molecule has 21 heavy (non-hydrogen) atoms. The quantitative estimate of drug-likeness (QED) is 0.831. The number of anilines is 2. The van der Waals surface area contributed by atoms with E-state index in [4.69, 9.17) is 10.5 Å². The summed E-state index contributed by atoms with van der Waals surface area (Å²) in [6.07, 6.45) is 0. The average molecular weight is 288 g/mol. The van der Waals surface area contributed by atoms with Gasteiger partial charge in [-0.2, -0.15) is 0 Å². The van der Waals surface area contributed by atoms with Gasteiger partial charge in [0.2, 0.25) is 5.91 Å². The molecule has 2 aromatic carbocycles. The molecule has 0 atom stereocenters. The van der Waals surface area contributed by atoms with E-state index in [1.807, 2.05) is 13.0 Å². The first-order valence-electron chi connectivity index (χ1n) is 6.53. The molecule has 0 saturated carbocycles. The number of nitrogen functional groups attached to an aromatic ring is 1. The standard InChI is InChI=1S/C16H17FN2O2/c1-11-6-7-13(8-15(11)18)19-16(20)10-21-9-12-4-2-3-5-14(12)17/h2-8H,9-10,18H2,1H3,(H,19,20). The van der Waals surface area contributed by atoms with Crippen LogP contribution in [0.5, 0.6) is 0 Å². The van der Waals surface area contributed by atoms with Crippen LogP contribution >= 0.6 is 0 Å². The van der Waals surface area contributed by atoms with Gasteiger partial charge in [0.25, 0.3) is 0 Å². The van der Waals surface area contributed by atoms with Crippen molar-refractivity contribution in [1.82, 2.24) is 0 Å². The van der Waals surface area contributed by atoms with Gasteiger partial charge in [-0.05, 0) is 30.7 Å². The molecule has 0 radical (unpaired) electrons. The summed E-state index contributed by atoms with van der Waals surface area (Å²) in [5, 5.41) is 2.67. The molecule has 0 aliphatic rings. The van der Waals surface area contributed by atoms with Crippen molar-refractivity contribution in [3.8, 4) is 0 Å². The maximum absolute atomic E-state index is 13.3. The molecular weight excluding hydrogens is 271 g/mol. The molecule has 0 aliphatic carbocycles. The molecule has 110 valence electrons. The van der Waals surface area contributed by atoms with Gasteiger partial charge >= 0.3 is 0 Å². The van der Waals surface area contributed by atoms with Crippen LogP contribution in [0.1, 0.15) is 11.1 Å². The molecule has 0 bridgehead atoms. The maximum atomic E-state index is 13.3. The number of nitrogens with two attached hydrogens (primary N) is 1. The van der Waals surface area contributed by atoms with E-state index >= 15 is 0 Å². The van der Waals surface area contributed by atoms with Crippen molar-refractivity contribution in [3.63, 3.8) is 0 Å². The van der Waals surface area contributed by atoms with E-state index in [0.29, 0.717) is 16.9 Å². The fourth-order valence-corrected chi connectivity index (χ4v) is 1.78. The van der Waals surface area contributed by atoms with Gasteiger partial charge in [-0.3, -0.25) is 4.79 Å². The summed E-state index contributed by atoms with van der Waals surface area (Å²) in [4.78, 5) is 11.7. The predicted octanol–water partition coefficient (Wildman–Crippen LogP) is 2.87. The Balaban J connectivity index is 1.82. The second-order valence-corrected chi connectivity index (χ2v) is 4.70. The summed E-state index contributed by atoms with van der Waals surface area (Å²) in [6.45, 7) is 1.79. The zero-order valence-corrected chi connectivity index (χ0v) is 11.7. The molecule has 2 aromatic rings. The smallest absolute Gasteiger partial charge is 0.250 e. The number of benzene rings is 2. The summed E-state index contributed by atoms with van der Waals surface area (Å²) in [5.41, 5.74) is 8.35. The molecule has 4 nitrogen and oxygen atoms in total. The zero-order valence-electron chi connectivity index (χ0n) is 11.7. The van der Waals surface area contributed by atoms with Crippen molar-refractivity contribution in [3.05, 3.63) is 59.4 Å². The first kappa shape index (κ1) is 15.0. The highest BCUT2D eigenvalue weighted by molar-refractivity contribution is 5.92. The number of ether oxygens (including phenoxy) is 1.